The molecule has 1 N–H and O–H groups in total. The van der Waals surface area contributed by atoms with Crippen molar-refractivity contribution in [2.45, 2.75) is 71.3 Å². The molecule has 0 saturated heterocycles. The van der Waals surface area contributed by atoms with E-state index >= 15 is 0 Å². The third-order valence-electron chi connectivity index (χ3n) is 3.97. The van der Waals surface area contributed by atoms with Crippen molar-refractivity contribution >= 4 is 0 Å². The molecule has 1 heteroatoms. The molecule has 0 aromatic heterocycles. The Bertz CT molecular complexity index is 315. The molecular formula is C18H31N. The first-order valence-electron chi connectivity index (χ1n) is 7.99. The van der Waals surface area contributed by atoms with E-state index in [1.807, 2.05) is 0 Å². The third kappa shape index (κ3) is 7.37. The SMILES string of the molecule is CCCCCCCC(CCc1ccc(C)cc1)NC. The molecule has 0 heterocycles. The van der Waals surface area contributed by atoms with Gasteiger partial charge in [-0.1, -0.05) is 68.9 Å². The van der Waals surface area contributed by atoms with Gasteiger partial charge in [0, 0.05) is 6.04 Å². The van der Waals surface area contributed by atoms with E-state index in [0.29, 0.717) is 6.04 Å². The van der Waals surface area contributed by atoms with Crippen LogP contribution in [0.2, 0.25) is 0 Å². The lowest BCUT2D eigenvalue weighted by Crippen LogP contribution is -2.25. The van der Waals surface area contributed by atoms with Gasteiger partial charge in [0.15, 0.2) is 0 Å². The van der Waals surface area contributed by atoms with Crippen molar-refractivity contribution in [3.63, 3.8) is 0 Å². The van der Waals surface area contributed by atoms with E-state index in [9.17, 15) is 0 Å². The van der Waals surface area contributed by atoms with E-state index in [1.54, 1.807) is 0 Å². The summed E-state index contributed by atoms with van der Waals surface area (Å²) in [4.78, 5) is 0. The van der Waals surface area contributed by atoms with E-state index in [4.69, 9.17) is 0 Å². The average Bonchev–Trinajstić information content (AvgIpc) is 2.44. The van der Waals surface area contributed by atoms with Crippen molar-refractivity contribution in [2.75, 3.05) is 7.05 Å². The lowest BCUT2D eigenvalue weighted by molar-refractivity contribution is 0.459. The predicted octanol–water partition coefficient (Wildman–Crippen LogP) is 4.88. The standard InChI is InChI=1S/C18H31N/c1-4-5-6-7-8-9-18(19-3)15-14-17-12-10-16(2)11-13-17/h10-13,18-19H,4-9,14-15H2,1-3H3. The first kappa shape index (κ1) is 16.2. The zero-order valence-corrected chi connectivity index (χ0v) is 13.0. The Balaban J connectivity index is 2.19. The summed E-state index contributed by atoms with van der Waals surface area (Å²) < 4.78 is 0. The molecule has 1 nitrogen and oxygen atoms in total. The number of hydrogen-bond acceptors (Lipinski definition) is 1. The molecule has 1 unspecified atom stereocenters. The van der Waals surface area contributed by atoms with Gasteiger partial charge in [-0.15, -0.1) is 0 Å². The van der Waals surface area contributed by atoms with Crippen LogP contribution in [0.15, 0.2) is 24.3 Å². The second-order valence-electron chi connectivity index (χ2n) is 5.71. The third-order valence-corrected chi connectivity index (χ3v) is 3.97. The molecule has 0 aliphatic rings. The largest absolute Gasteiger partial charge is 0.317 e. The fraction of sp³-hybridized carbons (Fsp3) is 0.667. The van der Waals surface area contributed by atoms with Gasteiger partial charge in [0.25, 0.3) is 0 Å². The number of unbranched alkanes of at least 4 members (excludes halogenated alkanes) is 4. The summed E-state index contributed by atoms with van der Waals surface area (Å²) in [5.41, 5.74) is 2.82. The Kier molecular flexibility index (Phi) is 8.57. The van der Waals surface area contributed by atoms with E-state index in [1.165, 1.54) is 62.5 Å². The number of hydrogen-bond donors (Lipinski definition) is 1. The Labute approximate surface area is 119 Å². The van der Waals surface area contributed by atoms with Crippen LogP contribution >= 0.6 is 0 Å². The Morgan fingerprint density at radius 2 is 1.63 bits per heavy atom. The first-order chi connectivity index (χ1) is 9.26. The van der Waals surface area contributed by atoms with Crippen LogP contribution < -0.4 is 5.32 Å². The summed E-state index contributed by atoms with van der Waals surface area (Å²) in [6.07, 6.45) is 10.7. The van der Waals surface area contributed by atoms with Crippen molar-refractivity contribution in [2.24, 2.45) is 0 Å². The fourth-order valence-electron chi connectivity index (χ4n) is 2.52. The normalized spacial score (nSPS) is 12.6. The van der Waals surface area contributed by atoms with Crippen molar-refractivity contribution in [3.8, 4) is 0 Å². The molecule has 0 aliphatic heterocycles. The molecule has 0 aliphatic carbocycles. The molecule has 0 saturated carbocycles. The van der Waals surface area contributed by atoms with Gasteiger partial charge in [0.05, 0.1) is 0 Å². The van der Waals surface area contributed by atoms with Gasteiger partial charge in [-0.2, -0.15) is 0 Å². The Hall–Kier alpha value is -0.820. The predicted molar refractivity (Wildman–Crippen MR) is 85.7 cm³/mol. The topological polar surface area (TPSA) is 12.0 Å². The van der Waals surface area contributed by atoms with Crippen LogP contribution in [-0.2, 0) is 6.42 Å². The summed E-state index contributed by atoms with van der Waals surface area (Å²) in [5.74, 6) is 0. The summed E-state index contributed by atoms with van der Waals surface area (Å²) in [7, 11) is 2.10. The van der Waals surface area contributed by atoms with Gasteiger partial charge in [-0.3, -0.25) is 0 Å². The van der Waals surface area contributed by atoms with Crippen molar-refractivity contribution in [1.29, 1.82) is 0 Å². The highest BCUT2D eigenvalue weighted by Crippen LogP contribution is 2.12. The molecule has 0 radical (unpaired) electrons. The maximum atomic E-state index is 3.47. The van der Waals surface area contributed by atoms with Crippen LogP contribution in [-0.4, -0.2) is 13.1 Å². The lowest BCUT2D eigenvalue weighted by atomic mass is 9.99. The molecule has 1 aromatic rings. The molecular weight excluding hydrogens is 230 g/mol. The van der Waals surface area contributed by atoms with E-state index in [0.717, 1.165) is 0 Å². The highest BCUT2D eigenvalue weighted by Gasteiger charge is 2.06. The van der Waals surface area contributed by atoms with Crippen LogP contribution in [0, 0.1) is 6.92 Å². The van der Waals surface area contributed by atoms with Crippen molar-refractivity contribution in [3.05, 3.63) is 35.4 Å². The van der Waals surface area contributed by atoms with E-state index in [2.05, 4.69) is 50.5 Å². The molecule has 0 amide bonds. The van der Waals surface area contributed by atoms with Crippen LogP contribution in [0.3, 0.4) is 0 Å². The number of nitrogens with one attached hydrogen (secondary N) is 1. The monoisotopic (exact) mass is 261 g/mol. The van der Waals surface area contributed by atoms with Crippen LogP contribution in [0.1, 0.15) is 63.0 Å². The molecule has 0 spiro atoms. The van der Waals surface area contributed by atoms with E-state index < -0.39 is 0 Å². The maximum Gasteiger partial charge on any atom is 0.00672 e. The molecule has 1 rings (SSSR count). The second-order valence-corrected chi connectivity index (χ2v) is 5.71. The minimum Gasteiger partial charge on any atom is -0.317 e. The quantitative estimate of drug-likeness (QED) is 0.592. The smallest absolute Gasteiger partial charge is 0.00672 e. The maximum absolute atomic E-state index is 3.47. The average molecular weight is 261 g/mol. The second kappa shape index (κ2) is 10.0. The summed E-state index contributed by atoms with van der Waals surface area (Å²) in [5, 5.41) is 3.47. The van der Waals surface area contributed by atoms with Gasteiger partial charge in [-0.25, -0.2) is 0 Å². The molecule has 0 fully saturated rings. The summed E-state index contributed by atoms with van der Waals surface area (Å²) in [6.45, 7) is 4.43. The molecule has 0 bridgehead atoms. The zero-order valence-electron chi connectivity index (χ0n) is 13.0. The minimum absolute atomic E-state index is 0.683. The van der Waals surface area contributed by atoms with Gasteiger partial charge >= 0.3 is 0 Å². The van der Waals surface area contributed by atoms with Gasteiger partial charge < -0.3 is 5.32 Å². The van der Waals surface area contributed by atoms with E-state index in [-0.39, 0.29) is 0 Å². The summed E-state index contributed by atoms with van der Waals surface area (Å²) >= 11 is 0. The van der Waals surface area contributed by atoms with Gasteiger partial charge in [-0.05, 0) is 38.8 Å². The molecule has 19 heavy (non-hydrogen) atoms. The molecule has 1 aromatic carbocycles. The number of rotatable bonds is 10. The highest BCUT2D eigenvalue weighted by atomic mass is 14.9. The van der Waals surface area contributed by atoms with Crippen LogP contribution in [0.25, 0.3) is 0 Å². The highest BCUT2D eigenvalue weighted by molar-refractivity contribution is 5.21. The molecule has 108 valence electrons. The van der Waals surface area contributed by atoms with Gasteiger partial charge in [0.1, 0.15) is 0 Å². The Morgan fingerprint density at radius 1 is 0.947 bits per heavy atom. The molecule has 1 atom stereocenters. The zero-order chi connectivity index (χ0) is 13.9. The van der Waals surface area contributed by atoms with Crippen LogP contribution in [0.4, 0.5) is 0 Å². The number of aryl methyl sites for hydroxylation is 2. The minimum atomic E-state index is 0.683. The summed E-state index contributed by atoms with van der Waals surface area (Å²) in [6, 6.07) is 9.65. The van der Waals surface area contributed by atoms with Crippen LogP contribution in [0.5, 0.6) is 0 Å². The Morgan fingerprint density at radius 3 is 2.26 bits per heavy atom. The van der Waals surface area contributed by atoms with Crippen molar-refractivity contribution < 1.29 is 0 Å². The van der Waals surface area contributed by atoms with Gasteiger partial charge in [0.2, 0.25) is 0 Å². The first-order valence-corrected chi connectivity index (χ1v) is 7.99. The van der Waals surface area contributed by atoms with Crippen molar-refractivity contribution in [1.82, 2.24) is 5.32 Å². The lowest BCUT2D eigenvalue weighted by Gasteiger charge is -2.16. The number of benzene rings is 1. The fourth-order valence-corrected chi connectivity index (χ4v) is 2.52.